The van der Waals surface area contributed by atoms with Gasteiger partial charge in [-0.1, -0.05) is 20.8 Å². The molecular weight excluding hydrogens is 200 g/mol. The van der Waals surface area contributed by atoms with E-state index in [-0.39, 0.29) is 16.9 Å². The first-order valence-electron chi connectivity index (χ1n) is 6.55. The fourth-order valence-electron chi connectivity index (χ4n) is 2.23. The monoisotopic (exact) mass is 226 g/mol. The highest BCUT2D eigenvalue weighted by molar-refractivity contribution is 5.83. The van der Waals surface area contributed by atoms with Crippen molar-refractivity contribution in [3.05, 3.63) is 0 Å². The van der Waals surface area contributed by atoms with Gasteiger partial charge in [0, 0.05) is 12.1 Å². The summed E-state index contributed by atoms with van der Waals surface area (Å²) in [6.07, 6.45) is 3.87. The van der Waals surface area contributed by atoms with Crippen LogP contribution in [0.1, 0.15) is 53.4 Å². The second-order valence-electron chi connectivity index (χ2n) is 5.28. The third kappa shape index (κ3) is 2.57. The van der Waals surface area contributed by atoms with Gasteiger partial charge >= 0.3 is 0 Å². The molecule has 0 spiro atoms. The Morgan fingerprint density at radius 3 is 2.38 bits per heavy atom. The van der Waals surface area contributed by atoms with E-state index in [0.717, 1.165) is 38.8 Å². The van der Waals surface area contributed by atoms with Crippen molar-refractivity contribution in [1.82, 2.24) is 10.6 Å². The first kappa shape index (κ1) is 13.5. The maximum absolute atomic E-state index is 12.4. The van der Waals surface area contributed by atoms with E-state index in [0.29, 0.717) is 0 Å². The van der Waals surface area contributed by atoms with Crippen molar-refractivity contribution in [3.63, 3.8) is 0 Å². The maximum Gasteiger partial charge on any atom is 0.227 e. The van der Waals surface area contributed by atoms with Crippen LogP contribution in [0.25, 0.3) is 0 Å². The Morgan fingerprint density at radius 1 is 1.38 bits per heavy atom. The summed E-state index contributed by atoms with van der Waals surface area (Å²) in [4.78, 5) is 12.4. The SMILES string of the molecule is CCC(C)(CC)NC(=O)C1(CC)CCNC1. The molecule has 0 aromatic rings. The Hall–Kier alpha value is -0.570. The minimum Gasteiger partial charge on any atom is -0.350 e. The summed E-state index contributed by atoms with van der Waals surface area (Å²) in [5.41, 5.74) is -0.201. The lowest BCUT2D eigenvalue weighted by molar-refractivity contribution is -0.132. The predicted octanol–water partition coefficient (Wildman–Crippen LogP) is 2.07. The van der Waals surface area contributed by atoms with Gasteiger partial charge < -0.3 is 10.6 Å². The lowest BCUT2D eigenvalue weighted by Gasteiger charge is -2.34. The molecule has 2 N–H and O–H groups in total. The average molecular weight is 226 g/mol. The predicted molar refractivity (Wildman–Crippen MR) is 67.3 cm³/mol. The summed E-state index contributed by atoms with van der Waals surface area (Å²) >= 11 is 0. The lowest BCUT2D eigenvalue weighted by Crippen LogP contribution is -2.52. The highest BCUT2D eigenvalue weighted by Crippen LogP contribution is 2.30. The van der Waals surface area contributed by atoms with Crippen molar-refractivity contribution >= 4 is 5.91 Å². The van der Waals surface area contributed by atoms with Gasteiger partial charge in [-0.3, -0.25) is 4.79 Å². The fraction of sp³-hybridized carbons (Fsp3) is 0.923. The zero-order chi connectivity index (χ0) is 12.2. The van der Waals surface area contributed by atoms with Gasteiger partial charge in [0.15, 0.2) is 0 Å². The van der Waals surface area contributed by atoms with Gasteiger partial charge in [-0.05, 0) is 39.2 Å². The summed E-state index contributed by atoms with van der Waals surface area (Å²) in [7, 11) is 0. The number of amides is 1. The smallest absolute Gasteiger partial charge is 0.227 e. The molecule has 3 heteroatoms. The van der Waals surface area contributed by atoms with Crippen LogP contribution in [0.2, 0.25) is 0 Å². The molecule has 1 atom stereocenters. The molecule has 1 fully saturated rings. The number of carbonyl (C=O) groups excluding carboxylic acids is 1. The summed E-state index contributed by atoms with van der Waals surface area (Å²) in [5, 5.41) is 6.55. The van der Waals surface area contributed by atoms with Crippen LogP contribution in [-0.4, -0.2) is 24.5 Å². The van der Waals surface area contributed by atoms with E-state index in [9.17, 15) is 4.79 Å². The molecule has 1 aliphatic rings. The Bertz CT molecular complexity index is 240. The summed E-state index contributed by atoms with van der Waals surface area (Å²) in [5.74, 6) is 0.242. The molecule has 1 heterocycles. The van der Waals surface area contributed by atoms with E-state index in [2.05, 4.69) is 38.3 Å². The summed E-state index contributed by atoms with van der Waals surface area (Å²) in [6.45, 7) is 10.3. The second kappa shape index (κ2) is 5.17. The van der Waals surface area contributed by atoms with Crippen LogP contribution in [0.15, 0.2) is 0 Å². The van der Waals surface area contributed by atoms with E-state index in [1.54, 1.807) is 0 Å². The van der Waals surface area contributed by atoms with Crippen LogP contribution in [0.4, 0.5) is 0 Å². The first-order valence-corrected chi connectivity index (χ1v) is 6.55. The number of hydrogen-bond donors (Lipinski definition) is 2. The minimum atomic E-state index is -0.161. The standard InChI is InChI=1S/C13H26N2O/c1-5-12(4,6-2)15-11(16)13(7-3)8-9-14-10-13/h14H,5-10H2,1-4H3,(H,15,16). The van der Waals surface area contributed by atoms with Crippen molar-refractivity contribution in [2.75, 3.05) is 13.1 Å². The molecule has 0 aromatic carbocycles. The molecule has 0 bridgehead atoms. The molecule has 94 valence electrons. The van der Waals surface area contributed by atoms with Crippen molar-refractivity contribution in [1.29, 1.82) is 0 Å². The molecule has 1 saturated heterocycles. The van der Waals surface area contributed by atoms with Crippen LogP contribution >= 0.6 is 0 Å². The van der Waals surface area contributed by atoms with E-state index < -0.39 is 0 Å². The van der Waals surface area contributed by atoms with Crippen LogP contribution in [0, 0.1) is 5.41 Å². The Balaban J connectivity index is 2.70. The van der Waals surface area contributed by atoms with Crippen LogP contribution in [0.5, 0.6) is 0 Å². The number of rotatable bonds is 5. The van der Waals surface area contributed by atoms with Gasteiger partial charge in [-0.25, -0.2) is 0 Å². The third-order valence-electron chi connectivity index (χ3n) is 4.38. The molecule has 16 heavy (non-hydrogen) atoms. The average Bonchev–Trinajstić information content (AvgIpc) is 2.78. The molecule has 0 aromatic heterocycles. The van der Waals surface area contributed by atoms with Crippen molar-refractivity contribution in [2.45, 2.75) is 58.9 Å². The van der Waals surface area contributed by atoms with Crippen LogP contribution in [-0.2, 0) is 4.79 Å². The molecule has 3 nitrogen and oxygen atoms in total. The molecule has 1 rings (SSSR count). The fourth-order valence-corrected chi connectivity index (χ4v) is 2.23. The van der Waals surface area contributed by atoms with Crippen molar-refractivity contribution in [2.24, 2.45) is 5.41 Å². The Kier molecular flexibility index (Phi) is 4.36. The molecule has 1 aliphatic heterocycles. The molecule has 0 radical (unpaired) electrons. The largest absolute Gasteiger partial charge is 0.350 e. The van der Waals surface area contributed by atoms with Crippen LogP contribution < -0.4 is 10.6 Å². The Labute approximate surface area is 99.4 Å². The van der Waals surface area contributed by atoms with Crippen molar-refractivity contribution < 1.29 is 4.79 Å². The molecule has 0 saturated carbocycles. The normalized spacial score (nSPS) is 25.8. The van der Waals surface area contributed by atoms with E-state index >= 15 is 0 Å². The quantitative estimate of drug-likeness (QED) is 0.753. The van der Waals surface area contributed by atoms with E-state index in [1.165, 1.54) is 0 Å². The second-order valence-corrected chi connectivity index (χ2v) is 5.28. The van der Waals surface area contributed by atoms with Crippen molar-refractivity contribution in [3.8, 4) is 0 Å². The minimum absolute atomic E-state index is 0.0398. The van der Waals surface area contributed by atoms with Gasteiger partial charge in [0.05, 0.1) is 5.41 Å². The van der Waals surface area contributed by atoms with Crippen LogP contribution in [0.3, 0.4) is 0 Å². The highest BCUT2D eigenvalue weighted by Gasteiger charge is 2.41. The topological polar surface area (TPSA) is 41.1 Å². The number of nitrogens with one attached hydrogen (secondary N) is 2. The summed E-state index contributed by atoms with van der Waals surface area (Å²) < 4.78 is 0. The Morgan fingerprint density at radius 2 is 2.00 bits per heavy atom. The third-order valence-corrected chi connectivity index (χ3v) is 4.38. The number of carbonyl (C=O) groups is 1. The van der Waals surface area contributed by atoms with Gasteiger partial charge in [-0.15, -0.1) is 0 Å². The molecule has 0 aliphatic carbocycles. The van der Waals surface area contributed by atoms with Gasteiger partial charge in [0.25, 0.3) is 0 Å². The van der Waals surface area contributed by atoms with Gasteiger partial charge in [-0.2, -0.15) is 0 Å². The van der Waals surface area contributed by atoms with E-state index in [1.807, 2.05) is 0 Å². The molecular formula is C13H26N2O. The first-order chi connectivity index (χ1) is 7.52. The number of hydrogen-bond acceptors (Lipinski definition) is 2. The van der Waals surface area contributed by atoms with Gasteiger partial charge in [0.2, 0.25) is 5.91 Å². The zero-order valence-electron chi connectivity index (χ0n) is 11.2. The lowest BCUT2D eigenvalue weighted by atomic mass is 9.82. The van der Waals surface area contributed by atoms with Gasteiger partial charge in [0.1, 0.15) is 0 Å². The highest BCUT2D eigenvalue weighted by atomic mass is 16.2. The maximum atomic E-state index is 12.4. The summed E-state index contributed by atoms with van der Waals surface area (Å²) in [6, 6.07) is 0. The van der Waals surface area contributed by atoms with E-state index in [4.69, 9.17) is 0 Å². The molecule has 1 amide bonds. The molecule has 1 unspecified atom stereocenters. The zero-order valence-corrected chi connectivity index (χ0v) is 11.2.